The van der Waals surface area contributed by atoms with Crippen molar-refractivity contribution in [1.82, 2.24) is 19.8 Å². The number of Topliss-reactive ketones (excluding diaryl/α,β-unsaturated/α-hetero) is 1. The number of benzene rings is 6. The Kier molecular flexibility index (Phi) is 31.0. The standard InChI is InChI=1S/C50H61N4O12.C48H58N4O13.Ho/c1-11-18-53-19-21-54(22-20-53)32-15-16-33-35(24-32)65-47-39(51-33)36-37-43(58)30(7)46-38(36)48(60)50(9,66-46)63-23-17-34(62-10)27(4)45(64-31(8)55)29(6)42(57)28(5)41(56)25(2)13-12-14-26(3)49(61)52-40(47)44(37)59;1-22-12-11-13-23(2)47(60)50-38-42(58)34-33(37-45(38)64-32-21-29(20-30(54)36(32)49-37)52-17-15-51(9)16-18-52)35-44(27(6)41(34)57)65-48(8,46(35)59)62-19-14-31(61-10)24(3)43(63-28(7)53)26(5)40(56)25(4)39(22)55;/h12-15,17,23-25,27-29,34,41-42,45,56-57,59H,11,18-22H2,1-10H3,(H,52,61);11-14,19-22,24-26,31,39-40,43,55-57,59H,15-18H2,1-10H3,(H,50,60);/q-1;;/b13-12+,23-17+,26-14-;12-11+,19-14+,23-13-;/t25-,27+,28+,29+,34-,41-,42+,45+,50?;22-,24+,25+,26+,31-,39-,40+,43+,48?;/m00./s1. The number of allylic oxidation sites excluding steroid dienone is 4. The quantitative estimate of drug-likeness (QED) is 0.0170. The Labute approximate surface area is 793 Å². The number of aromatic nitrogens is 2. The number of phenolic OH excluding ortho intramolecular Hbond substituents is 2. The molecule has 0 aliphatic carbocycles. The van der Waals surface area contributed by atoms with Gasteiger partial charge in [-0.1, -0.05) is 104 Å². The Morgan fingerprint density at radius 3 is 1.58 bits per heavy atom. The van der Waals surface area contributed by atoms with Crippen molar-refractivity contribution in [3.63, 3.8) is 0 Å². The zero-order chi connectivity index (χ0) is 95.3. The fourth-order valence-electron chi connectivity index (χ4n) is 18.6. The molecule has 713 valence electrons. The summed E-state index contributed by atoms with van der Waals surface area (Å²) in [5, 5.41) is 86.8. The third kappa shape index (κ3) is 19.5. The van der Waals surface area contributed by atoms with Crippen LogP contribution in [0.2, 0.25) is 0 Å². The summed E-state index contributed by atoms with van der Waals surface area (Å²) in [6.45, 7) is 34.6. The van der Waals surface area contributed by atoms with E-state index < -0.39 is 171 Å². The predicted octanol–water partition coefficient (Wildman–Crippen LogP) is 10.6. The molecule has 9 bridgehead atoms. The first-order valence-electron chi connectivity index (χ1n) is 44.4. The van der Waals surface area contributed by atoms with E-state index in [4.69, 9.17) is 56.7 Å². The van der Waals surface area contributed by atoms with Gasteiger partial charge in [0, 0.05) is 236 Å². The van der Waals surface area contributed by atoms with Gasteiger partial charge in [0.05, 0.1) is 70.7 Å². The minimum atomic E-state index is -2.04. The molecule has 34 heteroatoms. The molecule has 9 N–H and O–H groups in total. The molecule has 6 aliphatic heterocycles. The molecule has 1 radical (unpaired) electrons. The van der Waals surface area contributed by atoms with Crippen molar-refractivity contribution in [3.8, 4) is 23.0 Å². The molecular weight excluding hydrogens is 1850 g/mol. The number of nitrogens with zero attached hydrogens (tertiary/aromatic N) is 6. The van der Waals surface area contributed by atoms with Gasteiger partial charge in [-0.2, -0.15) is 12.1 Å². The van der Waals surface area contributed by atoms with Crippen molar-refractivity contribution in [2.75, 3.05) is 101 Å². The summed E-state index contributed by atoms with van der Waals surface area (Å²) < 4.78 is 60.9. The molecule has 33 nitrogen and oxygen atoms in total. The number of anilines is 4. The first kappa shape index (κ1) is 100. The summed E-state index contributed by atoms with van der Waals surface area (Å²) in [7, 11) is 4.91. The Morgan fingerprint density at radius 2 is 1.04 bits per heavy atom. The van der Waals surface area contributed by atoms with E-state index in [0.29, 0.717) is 18.8 Å². The van der Waals surface area contributed by atoms with Gasteiger partial charge in [-0.05, 0) is 65.4 Å². The summed E-state index contributed by atoms with van der Waals surface area (Å²) in [6, 6.07) is 9.97. The monoisotopic (exact) mass is 1970 g/mol. The second-order valence-corrected chi connectivity index (χ2v) is 36.0. The number of esters is 2. The number of ether oxygens (including phenoxy) is 8. The van der Waals surface area contributed by atoms with E-state index in [-0.39, 0.29) is 160 Å². The smallest absolute Gasteiger partial charge is 0.312 e. The zero-order valence-corrected chi connectivity index (χ0v) is 79.8. The second kappa shape index (κ2) is 40.7. The number of aromatic hydroxyl groups is 2. The number of carbonyl (C=O) groups is 5. The number of ketones is 1. The van der Waals surface area contributed by atoms with Crippen LogP contribution in [0.15, 0.2) is 120 Å². The van der Waals surface area contributed by atoms with Crippen LogP contribution in [0.3, 0.4) is 0 Å². The number of hydrogen-bond donors (Lipinski definition) is 9. The molecule has 8 aromatic rings. The fourth-order valence-corrected chi connectivity index (χ4v) is 18.6. The summed E-state index contributed by atoms with van der Waals surface area (Å²) in [4.78, 5) is 129. The molecule has 2 saturated heterocycles. The number of rotatable bonds is 8. The Hall–Kier alpha value is -10.6. The summed E-state index contributed by atoms with van der Waals surface area (Å²) in [5.74, 6) is -14.1. The van der Waals surface area contributed by atoms with Gasteiger partial charge < -0.3 is 108 Å². The maximum atomic E-state index is 14.8. The van der Waals surface area contributed by atoms with Gasteiger partial charge in [-0.25, -0.2) is 4.98 Å². The predicted molar refractivity (Wildman–Crippen MR) is 494 cm³/mol. The summed E-state index contributed by atoms with van der Waals surface area (Å²) in [5.41, 5.74) is -0.947. The van der Waals surface area contributed by atoms with Crippen molar-refractivity contribution >= 4 is 124 Å². The molecule has 2 aromatic heterocycles. The van der Waals surface area contributed by atoms with Gasteiger partial charge in [0.15, 0.2) is 39.2 Å². The average Bonchev–Trinajstić information content (AvgIpc) is 0.842. The number of phenols is 2. The number of methoxy groups -OCH3 is 2. The first-order chi connectivity index (χ1) is 62.0. The minimum Gasteiger partial charge on any atom is -0.511 e. The van der Waals surface area contributed by atoms with Crippen LogP contribution in [0.25, 0.3) is 71.7 Å². The van der Waals surface area contributed by atoms with Gasteiger partial charge in [-0.3, -0.25) is 48.2 Å². The van der Waals surface area contributed by atoms with Crippen LogP contribution in [0.1, 0.15) is 132 Å². The van der Waals surface area contributed by atoms with Gasteiger partial charge in [0.1, 0.15) is 51.9 Å². The maximum Gasteiger partial charge on any atom is 0.312 e. The molecular formula is C98H119HoN8O25-. The van der Waals surface area contributed by atoms with Gasteiger partial charge in [-0.15, -0.1) is 6.07 Å². The average molecular weight is 1970 g/mol. The molecule has 2 amide bonds. The van der Waals surface area contributed by atoms with Crippen molar-refractivity contribution in [2.24, 2.45) is 47.3 Å². The number of nitrogens with one attached hydrogen (secondary N) is 2. The molecule has 2 unspecified atom stereocenters. The number of likely N-dealkylation sites (N-methyl/N-ethyl adjacent to an activating group) is 1. The van der Waals surface area contributed by atoms with Crippen LogP contribution < -0.4 is 51.4 Å². The van der Waals surface area contributed by atoms with E-state index in [0.717, 1.165) is 57.9 Å². The van der Waals surface area contributed by atoms with Crippen LogP contribution in [-0.2, 0) is 47.6 Å². The number of aliphatic hydroxyl groups is 5. The molecule has 2 fully saturated rings. The van der Waals surface area contributed by atoms with Crippen LogP contribution in [0.4, 0.5) is 22.7 Å². The number of fused-ring (bicyclic) bond motifs is 7. The van der Waals surface area contributed by atoms with E-state index in [1.165, 1.54) is 106 Å². The molecule has 132 heavy (non-hydrogen) atoms. The van der Waals surface area contributed by atoms with Crippen LogP contribution in [0, 0.1) is 105 Å². The third-order valence-corrected chi connectivity index (χ3v) is 26.8. The van der Waals surface area contributed by atoms with Crippen LogP contribution in [0.5, 0.6) is 23.0 Å². The van der Waals surface area contributed by atoms with E-state index in [1.54, 1.807) is 92.7 Å². The minimum absolute atomic E-state index is 0. The topological polar surface area (TPSA) is 441 Å². The van der Waals surface area contributed by atoms with Crippen molar-refractivity contribution in [3.05, 3.63) is 155 Å². The molecule has 14 rings (SSSR count). The van der Waals surface area contributed by atoms with Crippen molar-refractivity contribution in [1.29, 1.82) is 0 Å². The number of carbonyl (C=O) groups excluding carboxylic acids is 5. The largest absolute Gasteiger partial charge is 0.511 e. The number of piperazine rings is 2. The van der Waals surface area contributed by atoms with Crippen molar-refractivity contribution in [2.45, 2.75) is 185 Å². The fraction of sp³-hybridized carbons (Fsp3) is 0.490. The first-order valence-corrected chi connectivity index (χ1v) is 44.4. The molecule has 0 spiro atoms. The zero-order valence-electron chi connectivity index (χ0n) is 77.9. The molecule has 0 saturated carbocycles. The summed E-state index contributed by atoms with van der Waals surface area (Å²) >= 11 is 0. The number of aliphatic hydroxyl groups excluding tert-OH is 5. The molecule has 6 aliphatic rings. The van der Waals surface area contributed by atoms with Crippen LogP contribution >= 0.6 is 0 Å². The number of hydrogen-bond acceptors (Lipinski definition) is 31. The SMILES string of the molecule is CCCN1CCN(c2c[c-]c3nc4c(oc3c2)c2c(O)c3c(=O)c(C)c5c(c34)C(=O)C(C)(O/C=C/[C@H](OC)[C@@H](C)[C@@H](OC(C)=O)[C@H](C)[C@H](O)[C@H](C)[C@@H](O)[C@@H](C)/C=C/C=C(/C)C(=O)N2)O5)CC1.CO[C@H]1/C=C/OC2(C)Oc3c(C)c(O)c4c(=O)c(c5oc6cc(N7CCN(C)CC7)cc(=O)c6nc5c4c3=C2O)NC(=O)/C(C)=C\C=C\[C@H](C)[C@H](O)[C@@H](C)[C@@H](O)[C@@H](C)[C@H](OC(C)=O)[C@@H]1C.[Ho]. The van der Waals surface area contributed by atoms with E-state index in [1.807, 2.05) is 24.1 Å². The maximum absolute atomic E-state index is 14.8. The third-order valence-electron chi connectivity index (χ3n) is 26.8. The Bertz CT molecular complexity index is 6290. The van der Waals surface area contributed by atoms with E-state index in [2.05, 4.69) is 38.3 Å². The normalized spacial score (nSPS) is 29.8. The molecule has 18 atom stereocenters. The van der Waals surface area contributed by atoms with Gasteiger partial charge in [0.25, 0.3) is 17.6 Å². The Balaban J connectivity index is 0.000000237. The van der Waals surface area contributed by atoms with Crippen molar-refractivity contribution < 1.29 is 144 Å². The van der Waals surface area contributed by atoms with Gasteiger partial charge in [0.2, 0.25) is 10.9 Å². The van der Waals surface area contributed by atoms with Gasteiger partial charge >= 0.3 is 23.5 Å². The number of amides is 2. The van der Waals surface area contributed by atoms with Crippen LogP contribution in [-0.4, -0.2) is 226 Å². The second-order valence-electron chi connectivity index (χ2n) is 36.0. The molecule has 8 heterocycles. The summed E-state index contributed by atoms with van der Waals surface area (Å²) in [6.07, 6.45) is 8.30. The molecule has 6 aromatic carbocycles. The Morgan fingerprint density at radius 1 is 0.553 bits per heavy atom. The van der Waals surface area contributed by atoms with E-state index in [9.17, 15) is 74.1 Å². The van der Waals surface area contributed by atoms with E-state index >= 15 is 0 Å².